The second-order valence-corrected chi connectivity index (χ2v) is 6.44. The lowest BCUT2D eigenvalue weighted by Crippen LogP contribution is -2.48. The summed E-state index contributed by atoms with van der Waals surface area (Å²) in [5, 5.41) is 22.7. The van der Waals surface area contributed by atoms with Gasteiger partial charge in [-0.25, -0.2) is 0 Å². The highest BCUT2D eigenvalue weighted by Gasteiger charge is 2.34. The molecule has 0 unspecified atom stereocenters. The number of nitrogens with one attached hydrogen (secondary N) is 1. The summed E-state index contributed by atoms with van der Waals surface area (Å²) in [4.78, 5) is 2.40. The maximum Gasteiger partial charge on any atom is 0.120 e. The maximum atomic E-state index is 10.2. The average molecular weight is 346 g/mol. The van der Waals surface area contributed by atoms with E-state index in [0.717, 1.165) is 31.7 Å². The van der Waals surface area contributed by atoms with Gasteiger partial charge in [-0.15, -0.1) is 24.8 Å². The second kappa shape index (κ2) is 8.59. The van der Waals surface area contributed by atoms with Crippen molar-refractivity contribution in [1.29, 1.82) is 5.26 Å². The van der Waals surface area contributed by atoms with E-state index in [9.17, 15) is 5.11 Å². The van der Waals surface area contributed by atoms with E-state index in [2.05, 4.69) is 37.1 Å². The average Bonchev–Trinajstić information content (AvgIpc) is 2.41. The molecule has 0 aliphatic carbocycles. The summed E-state index contributed by atoms with van der Waals surface area (Å²) in [6.07, 6.45) is 0. The van der Waals surface area contributed by atoms with Crippen LogP contribution in [-0.2, 0) is 0 Å². The molecule has 1 saturated heterocycles. The molecule has 0 bridgehead atoms. The summed E-state index contributed by atoms with van der Waals surface area (Å²) in [5.74, 6) is 0.280. The van der Waals surface area contributed by atoms with Crippen LogP contribution < -0.4 is 5.32 Å². The quantitative estimate of drug-likeness (QED) is 0.864. The molecule has 1 aliphatic heterocycles. The normalized spacial score (nSPS) is 16.8. The Morgan fingerprint density at radius 1 is 1.23 bits per heavy atom. The molecule has 0 radical (unpaired) electrons. The van der Waals surface area contributed by atoms with E-state index in [0.29, 0.717) is 5.56 Å². The summed E-state index contributed by atoms with van der Waals surface area (Å²) in [5.41, 5.74) is 1.45. The van der Waals surface area contributed by atoms with Gasteiger partial charge < -0.3 is 10.4 Å². The summed E-state index contributed by atoms with van der Waals surface area (Å²) >= 11 is 0. The number of halogens is 2. The van der Waals surface area contributed by atoms with Gasteiger partial charge in [-0.1, -0.05) is 20.8 Å². The number of nitrogens with zero attached hydrogens (tertiary/aromatic N) is 2. The van der Waals surface area contributed by atoms with Crippen molar-refractivity contribution in [2.24, 2.45) is 5.41 Å². The molecule has 1 fully saturated rings. The van der Waals surface area contributed by atoms with Crippen molar-refractivity contribution in [3.05, 3.63) is 29.3 Å². The Morgan fingerprint density at radius 2 is 1.82 bits per heavy atom. The van der Waals surface area contributed by atoms with E-state index < -0.39 is 0 Å². The van der Waals surface area contributed by atoms with Crippen molar-refractivity contribution in [3.8, 4) is 11.8 Å². The number of benzene rings is 1. The van der Waals surface area contributed by atoms with Crippen LogP contribution in [0.15, 0.2) is 18.2 Å². The number of rotatable bonds is 2. The lowest BCUT2D eigenvalue weighted by molar-refractivity contribution is 0.0842. The van der Waals surface area contributed by atoms with Crippen molar-refractivity contribution < 1.29 is 5.11 Å². The minimum atomic E-state index is -0.0110. The number of hydrogen-bond acceptors (Lipinski definition) is 4. The van der Waals surface area contributed by atoms with E-state index in [1.807, 2.05) is 6.07 Å². The van der Waals surface area contributed by atoms with Crippen molar-refractivity contribution in [2.45, 2.75) is 26.8 Å². The van der Waals surface area contributed by atoms with Gasteiger partial charge in [-0.3, -0.25) is 4.90 Å². The van der Waals surface area contributed by atoms with Crippen LogP contribution in [0, 0.1) is 16.7 Å². The van der Waals surface area contributed by atoms with Crippen LogP contribution in [0.1, 0.15) is 37.9 Å². The Hall–Kier alpha value is -0.990. The third-order valence-electron chi connectivity index (χ3n) is 3.79. The molecule has 124 valence electrons. The lowest BCUT2D eigenvalue weighted by Gasteiger charge is -2.42. The first-order valence-corrected chi connectivity index (χ1v) is 7.11. The van der Waals surface area contributed by atoms with E-state index in [1.54, 1.807) is 12.1 Å². The molecule has 2 N–H and O–H groups in total. The lowest BCUT2D eigenvalue weighted by atomic mass is 9.80. The van der Waals surface area contributed by atoms with Crippen LogP contribution in [0.4, 0.5) is 0 Å². The third-order valence-corrected chi connectivity index (χ3v) is 3.79. The van der Waals surface area contributed by atoms with Crippen LogP contribution in [0.25, 0.3) is 0 Å². The molecule has 6 heteroatoms. The summed E-state index contributed by atoms with van der Waals surface area (Å²) in [6, 6.07) is 7.39. The molecule has 0 spiro atoms. The molecule has 0 saturated carbocycles. The van der Waals surface area contributed by atoms with Gasteiger partial charge in [0.05, 0.1) is 11.6 Å². The van der Waals surface area contributed by atoms with Crippen LogP contribution in [0.3, 0.4) is 0 Å². The van der Waals surface area contributed by atoms with Gasteiger partial charge in [-0.05, 0) is 23.6 Å². The predicted molar refractivity (Wildman–Crippen MR) is 94.0 cm³/mol. The zero-order valence-electron chi connectivity index (χ0n) is 13.3. The van der Waals surface area contributed by atoms with Crippen molar-refractivity contribution in [3.63, 3.8) is 0 Å². The molecule has 0 aromatic heterocycles. The predicted octanol–water partition coefficient (Wildman–Crippen LogP) is 3.10. The van der Waals surface area contributed by atoms with E-state index in [1.165, 1.54) is 0 Å². The van der Waals surface area contributed by atoms with E-state index in [4.69, 9.17) is 5.26 Å². The Balaban J connectivity index is 0.00000220. The molecule has 4 nitrogen and oxygen atoms in total. The zero-order chi connectivity index (χ0) is 14.8. The maximum absolute atomic E-state index is 10.2. The topological polar surface area (TPSA) is 59.3 Å². The minimum absolute atomic E-state index is 0. The molecule has 1 aromatic carbocycles. The highest BCUT2D eigenvalue weighted by atomic mass is 35.5. The SMILES string of the molecule is CC(C)(C)[C@H](c1cc(C#N)ccc1O)N1CCNCC1.Cl.Cl. The number of phenols is 1. The Labute approximate surface area is 145 Å². The monoisotopic (exact) mass is 345 g/mol. The molecular weight excluding hydrogens is 321 g/mol. The second-order valence-electron chi connectivity index (χ2n) is 6.44. The molecule has 22 heavy (non-hydrogen) atoms. The third kappa shape index (κ3) is 4.76. The van der Waals surface area contributed by atoms with Crippen molar-refractivity contribution in [1.82, 2.24) is 10.2 Å². The molecule has 1 aromatic rings. The highest BCUT2D eigenvalue weighted by Crippen LogP contribution is 2.41. The highest BCUT2D eigenvalue weighted by molar-refractivity contribution is 5.85. The first kappa shape index (κ1) is 21.0. The van der Waals surface area contributed by atoms with Crippen LogP contribution in [0.2, 0.25) is 0 Å². The summed E-state index contributed by atoms with van der Waals surface area (Å²) < 4.78 is 0. The van der Waals surface area contributed by atoms with E-state index in [-0.39, 0.29) is 42.0 Å². The largest absolute Gasteiger partial charge is 0.508 e. The molecule has 0 amide bonds. The summed E-state index contributed by atoms with van der Waals surface area (Å²) in [6.45, 7) is 10.4. The van der Waals surface area contributed by atoms with Gasteiger partial charge in [0.25, 0.3) is 0 Å². The minimum Gasteiger partial charge on any atom is -0.508 e. The van der Waals surface area contributed by atoms with Gasteiger partial charge in [-0.2, -0.15) is 5.26 Å². The molecular formula is C16H25Cl2N3O. The number of phenolic OH excluding ortho intramolecular Hbond substituents is 1. The Kier molecular flexibility index (Phi) is 8.21. The van der Waals surface area contributed by atoms with Crippen LogP contribution in [0.5, 0.6) is 5.75 Å². The van der Waals surface area contributed by atoms with Gasteiger partial charge in [0.2, 0.25) is 0 Å². The number of hydrogen-bond donors (Lipinski definition) is 2. The molecule has 1 heterocycles. The molecule has 1 aliphatic rings. The molecule has 2 rings (SSSR count). The van der Waals surface area contributed by atoms with E-state index >= 15 is 0 Å². The number of nitriles is 1. The van der Waals surface area contributed by atoms with Gasteiger partial charge >= 0.3 is 0 Å². The van der Waals surface area contributed by atoms with Crippen LogP contribution in [-0.4, -0.2) is 36.2 Å². The van der Waals surface area contributed by atoms with Gasteiger partial charge in [0.15, 0.2) is 0 Å². The van der Waals surface area contributed by atoms with Crippen molar-refractivity contribution in [2.75, 3.05) is 26.2 Å². The summed E-state index contributed by atoms with van der Waals surface area (Å²) in [7, 11) is 0. The standard InChI is InChI=1S/C16H23N3O.2ClH/c1-16(2,3)15(19-8-6-18-7-9-19)13-10-12(11-17)4-5-14(13)20;;/h4-5,10,15,18,20H,6-9H2,1-3H3;2*1H/t15-;;/m0../s1. The first-order valence-electron chi connectivity index (χ1n) is 7.11. The number of piperazine rings is 1. The fraction of sp³-hybridized carbons (Fsp3) is 0.562. The fourth-order valence-electron chi connectivity index (χ4n) is 2.99. The van der Waals surface area contributed by atoms with Crippen LogP contribution >= 0.6 is 24.8 Å². The first-order chi connectivity index (χ1) is 9.43. The Bertz CT molecular complexity index is 517. The number of aromatic hydroxyl groups is 1. The smallest absolute Gasteiger partial charge is 0.120 e. The van der Waals surface area contributed by atoms with Gasteiger partial charge in [0, 0.05) is 37.8 Å². The van der Waals surface area contributed by atoms with Gasteiger partial charge in [0.1, 0.15) is 5.75 Å². The Morgan fingerprint density at radius 3 is 2.32 bits per heavy atom. The fourth-order valence-corrected chi connectivity index (χ4v) is 2.99. The van der Waals surface area contributed by atoms with Crippen molar-refractivity contribution >= 4 is 24.8 Å². The molecule has 1 atom stereocenters. The zero-order valence-corrected chi connectivity index (χ0v) is 14.9.